The van der Waals surface area contributed by atoms with Crippen molar-refractivity contribution in [3.05, 3.63) is 53.3 Å². The number of ether oxygens (including phenoxy) is 1. The number of amides is 1. The van der Waals surface area contributed by atoms with E-state index in [4.69, 9.17) is 9.72 Å². The van der Waals surface area contributed by atoms with Crippen LogP contribution in [0, 0.1) is 0 Å². The molecular weight excluding hydrogens is 350 g/mol. The van der Waals surface area contributed by atoms with Crippen molar-refractivity contribution in [1.29, 1.82) is 0 Å². The molecule has 5 rings (SSSR count). The summed E-state index contributed by atoms with van der Waals surface area (Å²) in [6.45, 7) is 5.21. The molecule has 3 aromatic rings. The summed E-state index contributed by atoms with van der Waals surface area (Å²) in [5.41, 5.74) is 4.57. The second-order valence-electron chi connectivity index (χ2n) is 7.98. The van der Waals surface area contributed by atoms with Crippen LogP contribution in [0.2, 0.25) is 0 Å². The van der Waals surface area contributed by atoms with Gasteiger partial charge in [-0.05, 0) is 44.0 Å². The molecule has 0 saturated carbocycles. The highest BCUT2D eigenvalue weighted by Gasteiger charge is 2.31. The van der Waals surface area contributed by atoms with E-state index in [9.17, 15) is 4.79 Å². The SMILES string of the molecule is CC1Oc2c(C(=O)Nc3ccc4c(c3)nc3n4CCCCC3)cccc2C1C. The number of anilines is 1. The molecule has 0 bridgehead atoms. The topological polar surface area (TPSA) is 56.1 Å². The number of fused-ring (bicyclic) bond motifs is 4. The molecule has 1 N–H and O–H groups in total. The molecular formula is C23H25N3O2. The zero-order valence-electron chi connectivity index (χ0n) is 16.4. The Hall–Kier alpha value is -2.82. The molecule has 1 aromatic heterocycles. The monoisotopic (exact) mass is 375 g/mol. The van der Waals surface area contributed by atoms with Crippen LogP contribution < -0.4 is 10.1 Å². The van der Waals surface area contributed by atoms with Gasteiger partial charge in [-0.2, -0.15) is 0 Å². The second kappa shape index (κ2) is 6.66. The summed E-state index contributed by atoms with van der Waals surface area (Å²) < 4.78 is 8.30. The van der Waals surface area contributed by atoms with E-state index in [1.165, 1.54) is 19.3 Å². The quantitative estimate of drug-likeness (QED) is 0.693. The van der Waals surface area contributed by atoms with Crippen molar-refractivity contribution in [1.82, 2.24) is 9.55 Å². The summed E-state index contributed by atoms with van der Waals surface area (Å²) in [6, 6.07) is 11.8. The molecule has 2 aliphatic rings. The lowest BCUT2D eigenvalue weighted by molar-refractivity contribution is 0.102. The number of imidazole rings is 1. The zero-order valence-corrected chi connectivity index (χ0v) is 16.4. The fourth-order valence-corrected chi connectivity index (χ4v) is 4.39. The first-order valence-corrected chi connectivity index (χ1v) is 10.2. The third kappa shape index (κ3) is 2.77. The van der Waals surface area contributed by atoms with Crippen molar-refractivity contribution < 1.29 is 9.53 Å². The minimum atomic E-state index is -0.140. The Bertz CT molecular complexity index is 1070. The van der Waals surface area contributed by atoms with Crippen LogP contribution in [0.15, 0.2) is 36.4 Å². The number of nitrogens with one attached hydrogen (secondary N) is 1. The third-order valence-electron chi connectivity index (χ3n) is 6.16. The van der Waals surface area contributed by atoms with Gasteiger partial charge in [-0.25, -0.2) is 4.98 Å². The molecule has 5 nitrogen and oxygen atoms in total. The maximum absolute atomic E-state index is 12.9. The number of hydrogen-bond donors (Lipinski definition) is 1. The van der Waals surface area contributed by atoms with E-state index in [1.807, 2.05) is 37.3 Å². The minimum absolute atomic E-state index is 0.0845. The van der Waals surface area contributed by atoms with Gasteiger partial charge in [0.05, 0.1) is 16.6 Å². The predicted octanol–water partition coefficient (Wildman–Crippen LogP) is 4.90. The summed E-state index contributed by atoms with van der Waals surface area (Å²) in [7, 11) is 0. The number of hydrogen-bond acceptors (Lipinski definition) is 3. The van der Waals surface area contributed by atoms with Gasteiger partial charge in [0, 0.05) is 30.1 Å². The molecule has 2 aromatic carbocycles. The van der Waals surface area contributed by atoms with Crippen LogP contribution in [-0.2, 0) is 13.0 Å². The maximum Gasteiger partial charge on any atom is 0.259 e. The molecule has 2 unspecified atom stereocenters. The van der Waals surface area contributed by atoms with Crippen molar-refractivity contribution in [2.75, 3.05) is 5.32 Å². The average molecular weight is 375 g/mol. The van der Waals surface area contributed by atoms with Gasteiger partial charge in [-0.3, -0.25) is 4.79 Å². The molecule has 144 valence electrons. The lowest BCUT2D eigenvalue weighted by Crippen LogP contribution is -2.14. The van der Waals surface area contributed by atoms with Gasteiger partial charge in [-0.1, -0.05) is 25.5 Å². The van der Waals surface area contributed by atoms with Crippen molar-refractivity contribution >= 4 is 22.6 Å². The number of nitrogens with zero attached hydrogens (tertiary/aromatic N) is 2. The molecule has 0 fully saturated rings. The van der Waals surface area contributed by atoms with E-state index in [1.54, 1.807) is 0 Å². The van der Waals surface area contributed by atoms with Crippen LogP contribution in [0.5, 0.6) is 5.75 Å². The van der Waals surface area contributed by atoms with Crippen molar-refractivity contribution in [2.45, 2.75) is 58.1 Å². The molecule has 3 heterocycles. The maximum atomic E-state index is 12.9. The first-order chi connectivity index (χ1) is 13.6. The number of aryl methyl sites for hydroxylation is 2. The summed E-state index contributed by atoms with van der Waals surface area (Å²) in [6.07, 6.45) is 4.77. The number of aromatic nitrogens is 2. The van der Waals surface area contributed by atoms with Gasteiger partial charge in [0.2, 0.25) is 0 Å². The first-order valence-electron chi connectivity index (χ1n) is 10.2. The molecule has 2 aliphatic heterocycles. The van der Waals surface area contributed by atoms with Crippen molar-refractivity contribution in [3.8, 4) is 5.75 Å². The van der Waals surface area contributed by atoms with Crippen LogP contribution in [0.4, 0.5) is 5.69 Å². The molecule has 5 heteroatoms. The van der Waals surface area contributed by atoms with Crippen molar-refractivity contribution in [3.63, 3.8) is 0 Å². The summed E-state index contributed by atoms with van der Waals surface area (Å²) >= 11 is 0. The van der Waals surface area contributed by atoms with Gasteiger partial charge >= 0.3 is 0 Å². The number of benzene rings is 2. The van der Waals surface area contributed by atoms with Crippen LogP contribution in [0.25, 0.3) is 11.0 Å². The summed E-state index contributed by atoms with van der Waals surface area (Å²) in [4.78, 5) is 17.8. The molecule has 0 spiro atoms. The largest absolute Gasteiger partial charge is 0.489 e. The highest BCUT2D eigenvalue weighted by Crippen LogP contribution is 2.40. The number of para-hydroxylation sites is 1. The lowest BCUT2D eigenvalue weighted by atomic mass is 9.97. The van der Waals surface area contributed by atoms with Crippen LogP contribution in [-0.4, -0.2) is 21.6 Å². The lowest BCUT2D eigenvalue weighted by Gasteiger charge is -2.10. The second-order valence-corrected chi connectivity index (χ2v) is 7.98. The van der Waals surface area contributed by atoms with E-state index in [0.717, 1.165) is 46.8 Å². The Morgan fingerprint density at radius 2 is 2.07 bits per heavy atom. The van der Waals surface area contributed by atoms with E-state index in [2.05, 4.69) is 22.9 Å². The van der Waals surface area contributed by atoms with E-state index in [-0.39, 0.29) is 12.0 Å². The van der Waals surface area contributed by atoms with Crippen molar-refractivity contribution in [2.24, 2.45) is 0 Å². The average Bonchev–Trinajstić information content (AvgIpc) is 3.07. The van der Waals surface area contributed by atoms with Crippen LogP contribution >= 0.6 is 0 Å². The standard InChI is InChI=1S/C23H25N3O2/c1-14-15(2)28-22-17(14)7-6-8-18(22)23(27)24-16-10-11-20-19(13-16)25-21-9-4-3-5-12-26(20)21/h6-8,10-11,13-15H,3-5,9,12H2,1-2H3,(H,24,27). The number of carbonyl (C=O) groups excluding carboxylic acids is 1. The summed E-state index contributed by atoms with van der Waals surface area (Å²) in [5, 5.41) is 3.03. The molecule has 28 heavy (non-hydrogen) atoms. The smallest absolute Gasteiger partial charge is 0.259 e. The Morgan fingerprint density at radius 3 is 2.96 bits per heavy atom. The molecule has 0 aliphatic carbocycles. The molecule has 1 amide bonds. The predicted molar refractivity (Wildman–Crippen MR) is 110 cm³/mol. The van der Waals surface area contributed by atoms with Gasteiger partial charge < -0.3 is 14.6 Å². The Labute approximate surface area is 164 Å². The molecule has 0 radical (unpaired) electrons. The third-order valence-corrected chi connectivity index (χ3v) is 6.16. The molecule has 2 atom stereocenters. The normalized spacial score (nSPS) is 20.9. The van der Waals surface area contributed by atoms with Crippen LogP contribution in [0.1, 0.15) is 60.8 Å². The van der Waals surface area contributed by atoms with E-state index in [0.29, 0.717) is 11.5 Å². The Kier molecular flexibility index (Phi) is 4.11. The highest BCUT2D eigenvalue weighted by atomic mass is 16.5. The van der Waals surface area contributed by atoms with Gasteiger partial charge in [0.15, 0.2) is 0 Å². The van der Waals surface area contributed by atoms with Gasteiger partial charge in [0.25, 0.3) is 5.91 Å². The minimum Gasteiger partial charge on any atom is -0.489 e. The van der Waals surface area contributed by atoms with E-state index < -0.39 is 0 Å². The zero-order chi connectivity index (χ0) is 19.3. The first kappa shape index (κ1) is 17.3. The van der Waals surface area contributed by atoms with E-state index >= 15 is 0 Å². The fourth-order valence-electron chi connectivity index (χ4n) is 4.39. The summed E-state index contributed by atoms with van der Waals surface area (Å²) in [5.74, 6) is 2.03. The number of carbonyl (C=O) groups is 1. The number of rotatable bonds is 2. The highest BCUT2D eigenvalue weighted by molar-refractivity contribution is 6.07. The Morgan fingerprint density at radius 1 is 1.18 bits per heavy atom. The Balaban J connectivity index is 1.44. The fraction of sp³-hybridized carbons (Fsp3) is 0.391. The van der Waals surface area contributed by atoms with Gasteiger partial charge in [-0.15, -0.1) is 0 Å². The molecule has 0 saturated heterocycles. The van der Waals surface area contributed by atoms with Gasteiger partial charge in [0.1, 0.15) is 17.7 Å². The van der Waals surface area contributed by atoms with Crippen LogP contribution in [0.3, 0.4) is 0 Å².